The monoisotopic (exact) mass is 316 g/mol. The molecule has 1 aromatic carbocycles. The van der Waals surface area contributed by atoms with Gasteiger partial charge in [-0.2, -0.15) is 0 Å². The fraction of sp³-hybridized carbons (Fsp3) is 0.556. The Morgan fingerprint density at radius 3 is 2.57 bits per heavy atom. The lowest BCUT2D eigenvalue weighted by Crippen LogP contribution is -2.44. The van der Waals surface area contributed by atoms with Crippen molar-refractivity contribution in [3.05, 3.63) is 35.4 Å². The molecule has 0 N–H and O–H groups in total. The molecule has 0 saturated carbocycles. The SMILES string of the molecule is CC(C)(C)OC(=O)N1CC(=O)C(N2CCc3ccccc3C2)C1. The summed E-state index contributed by atoms with van der Waals surface area (Å²) in [4.78, 5) is 28.3. The third kappa shape index (κ3) is 3.55. The zero-order valence-corrected chi connectivity index (χ0v) is 14.0. The van der Waals surface area contributed by atoms with Crippen molar-refractivity contribution in [1.29, 1.82) is 0 Å². The van der Waals surface area contributed by atoms with Crippen LogP contribution in [0.3, 0.4) is 0 Å². The maximum absolute atomic E-state index is 12.4. The van der Waals surface area contributed by atoms with E-state index in [1.807, 2.05) is 26.8 Å². The molecule has 124 valence electrons. The van der Waals surface area contributed by atoms with Crippen molar-refractivity contribution < 1.29 is 14.3 Å². The van der Waals surface area contributed by atoms with E-state index >= 15 is 0 Å². The molecule has 1 unspecified atom stereocenters. The first-order valence-corrected chi connectivity index (χ1v) is 8.15. The first-order chi connectivity index (χ1) is 10.8. The lowest BCUT2D eigenvalue weighted by molar-refractivity contribution is -0.121. The highest BCUT2D eigenvalue weighted by molar-refractivity contribution is 5.92. The summed E-state index contributed by atoms with van der Waals surface area (Å²) in [6, 6.07) is 8.14. The van der Waals surface area contributed by atoms with Crippen molar-refractivity contribution >= 4 is 11.9 Å². The summed E-state index contributed by atoms with van der Waals surface area (Å²) in [6.45, 7) is 7.71. The van der Waals surface area contributed by atoms with Crippen LogP contribution < -0.4 is 0 Å². The molecule has 0 aromatic heterocycles. The fourth-order valence-corrected chi connectivity index (χ4v) is 3.24. The molecular weight excluding hydrogens is 292 g/mol. The fourth-order valence-electron chi connectivity index (χ4n) is 3.24. The van der Waals surface area contributed by atoms with Crippen molar-refractivity contribution in [2.45, 2.75) is 45.4 Å². The number of fused-ring (bicyclic) bond motifs is 1. The topological polar surface area (TPSA) is 49.9 Å². The molecule has 0 radical (unpaired) electrons. The second-order valence-corrected chi connectivity index (χ2v) is 7.33. The van der Waals surface area contributed by atoms with Crippen LogP contribution >= 0.6 is 0 Å². The molecule has 1 aromatic rings. The van der Waals surface area contributed by atoms with Crippen molar-refractivity contribution in [3.63, 3.8) is 0 Å². The molecule has 1 fully saturated rings. The van der Waals surface area contributed by atoms with Gasteiger partial charge in [-0.05, 0) is 38.3 Å². The molecule has 5 nitrogen and oxygen atoms in total. The predicted octanol–water partition coefficient (Wildman–Crippen LogP) is 2.23. The lowest BCUT2D eigenvalue weighted by atomic mass is 9.98. The van der Waals surface area contributed by atoms with Gasteiger partial charge in [-0.15, -0.1) is 0 Å². The number of Topliss-reactive ketones (excluding diaryl/α,β-unsaturated/α-hetero) is 1. The third-order valence-electron chi connectivity index (χ3n) is 4.36. The quantitative estimate of drug-likeness (QED) is 0.797. The van der Waals surface area contributed by atoms with Crippen LogP contribution in [0.4, 0.5) is 4.79 Å². The summed E-state index contributed by atoms with van der Waals surface area (Å²) in [6.07, 6.45) is 0.553. The van der Waals surface area contributed by atoms with Gasteiger partial charge in [0, 0.05) is 19.6 Å². The molecule has 2 heterocycles. The standard InChI is InChI=1S/C18H24N2O3/c1-18(2,3)23-17(22)20-11-15(16(21)12-20)19-9-8-13-6-4-5-7-14(13)10-19/h4-7,15H,8-12H2,1-3H3. The molecule has 1 saturated heterocycles. The first kappa shape index (κ1) is 16.0. The van der Waals surface area contributed by atoms with E-state index in [-0.39, 0.29) is 18.4 Å². The van der Waals surface area contributed by atoms with E-state index in [9.17, 15) is 9.59 Å². The number of nitrogens with zero attached hydrogens (tertiary/aromatic N) is 2. The minimum Gasteiger partial charge on any atom is -0.444 e. The number of likely N-dealkylation sites (tertiary alicyclic amines) is 1. The molecule has 1 atom stereocenters. The second kappa shape index (κ2) is 5.96. The number of ether oxygens (including phenoxy) is 1. The Morgan fingerprint density at radius 2 is 1.87 bits per heavy atom. The van der Waals surface area contributed by atoms with Crippen LogP contribution in [0.2, 0.25) is 0 Å². The van der Waals surface area contributed by atoms with E-state index in [2.05, 4.69) is 23.1 Å². The Kier molecular flexibility index (Phi) is 4.15. The zero-order valence-electron chi connectivity index (χ0n) is 14.0. The van der Waals surface area contributed by atoms with Gasteiger partial charge in [0.15, 0.2) is 5.78 Å². The van der Waals surface area contributed by atoms with E-state index in [4.69, 9.17) is 4.74 Å². The maximum Gasteiger partial charge on any atom is 0.410 e. The number of benzene rings is 1. The maximum atomic E-state index is 12.4. The van der Waals surface area contributed by atoms with Gasteiger partial charge in [-0.25, -0.2) is 4.79 Å². The normalized spacial score (nSPS) is 22.1. The van der Waals surface area contributed by atoms with E-state index in [1.54, 1.807) is 0 Å². The second-order valence-electron chi connectivity index (χ2n) is 7.33. The van der Waals surface area contributed by atoms with Gasteiger partial charge < -0.3 is 4.74 Å². The number of hydrogen-bond acceptors (Lipinski definition) is 4. The largest absolute Gasteiger partial charge is 0.444 e. The van der Waals surface area contributed by atoms with Gasteiger partial charge in [0.2, 0.25) is 0 Å². The smallest absolute Gasteiger partial charge is 0.410 e. The number of amides is 1. The van der Waals surface area contributed by atoms with Crippen LogP contribution in [-0.4, -0.2) is 53.0 Å². The molecule has 0 aliphatic carbocycles. The van der Waals surface area contributed by atoms with Crippen LogP contribution in [-0.2, 0) is 22.5 Å². The number of carbonyl (C=O) groups excluding carboxylic acids is 2. The molecule has 1 amide bonds. The molecule has 3 rings (SSSR count). The molecule has 0 bridgehead atoms. The minimum atomic E-state index is -0.539. The average molecular weight is 316 g/mol. The van der Waals surface area contributed by atoms with Gasteiger partial charge in [0.05, 0.1) is 12.6 Å². The van der Waals surface area contributed by atoms with Gasteiger partial charge >= 0.3 is 6.09 Å². The molecule has 2 aliphatic heterocycles. The lowest BCUT2D eigenvalue weighted by Gasteiger charge is -2.32. The Bertz CT molecular complexity index is 621. The Morgan fingerprint density at radius 1 is 1.17 bits per heavy atom. The molecule has 0 spiro atoms. The number of ketones is 1. The Hall–Kier alpha value is -1.88. The first-order valence-electron chi connectivity index (χ1n) is 8.15. The average Bonchev–Trinajstić information content (AvgIpc) is 2.87. The number of hydrogen-bond donors (Lipinski definition) is 0. The van der Waals surface area contributed by atoms with Crippen molar-refractivity contribution in [2.75, 3.05) is 19.6 Å². The number of carbonyl (C=O) groups is 2. The van der Waals surface area contributed by atoms with E-state index in [1.165, 1.54) is 16.0 Å². The predicted molar refractivity (Wildman–Crippen MR) is 87.2 cm³/mol. The summed E-state index contributed by atoms with van der Waals surface area (Å²) < 4.78 is 5.38. The van der Waals surface area contributed by atoms with Gasteiger partial charge in [-0.1, -0.05) is 24.3 Å². The molecule has 5 heteroatoms. The highest BCUT2D eigenvalue weighted by atomic mass is 16.6. The molecule has 23 heavy (non-hydrogen) atoms. The number of rotatable bonds is 1. The third-order valence-corrected chi connectivity index (χ3v) is 4.36. The summed E-state index contributed by atoms with van der Waals surface area (Å²) in [7, 11) is 0. The molecule has 2 aliphatic rings. The van der Waals surface area contributed by atoms with E-state index in [0.29, 0.717) is 6.54 Å². The summed E-state index contributed by atoms with van der Waals surface area (Å²) in [5.74, 6) is 0.107. The van der Waals surface area contributed by atoms with Crippen LogP contribution in [0.5, 0.6) is 0 Å². The Labute approximate surface area is 137 Å². The van der Waals surface area contributed by atoms with Crippen molar-refractivity contribution in [1.82, 2.24) is 9.80 Å². The van der Waals surface area contributed by atoms with Crippen LogP contribution in [0.25, 0.3) is 0 Å². The van der Waals surface area contributed by atoms with Gasteiger partial charge in [0.25, 0.3) is 0 Å². The minimum absolute atomic E-state index is 0.107. The van der Waals surface area contributed by atoms with Gasteiger partial charge in [0.1, 0.15) is 5.60 Å². The molecular formula is C18H24N2O3. The summed E-state index contributed by atoms with van der Waals surface area (Å²) >= 11 is 0. The van der Waals surface area contributed by atoms with Crippen molar-refractivity contribution in [3.8, 4) is 0 Å². The Balaban J connectivity index is 1.66. The van der Waals surface area contributed by atoms with Crippen LogP contribution in [0, 0.1) is 0 Å². The van der Waals surface area contributed by atoms with Crippen LogP contribution in [0.1, 0.15) is 31.9 Å². The van der Waals surface area contributed by atoms with E-state index < -0.39 is 11.7 Å². The van der Waals surface area contributed by atoms with Crippen LogP contribution in [0.15, 0.2) is 24.3 Å². The van der Waals surface area contributed by atoms with E-state index in [0.717, 1.165) is 19.5 Å². The highest BCUT2D eigenvalue weighted by Crippen LogP contribution is 2.24. The van der Waals surface area contributed by atoms with Crippen molar-refractivity contribution in [2.24, 2.45) is 0 Å². The summed E-state index contributed by atoms with van der Waals surface area (Å²) in [5, 5.41) is 0. The highest BCUT2D eigenvalue weighted by Gasteiger charge is 2.39. The zero-order chi connectivity index (χ0) is 16.6. The van der Waals surface area contributed by atoms with Gasteiger partial charge in [-0.3, -0.25) is 14.6 Å². The summed E-state index contributed by atoms with van der Waals surface area (Å²) in [5.41, 5.74) is 2.10.